The fourth-order valence-corrected chi connectivity index (χ4v) is 4.89. The van der Waals surface area contributed by atoms with E-state index in [1.54, 1.807) is 22.7 Å². The Morgan fingerprint density at radius 1 is 1.06 bits per heavy atom. The average Bonchev–Trinajstić information content (AvgIpc) is 3.44. The SMILES string of the molecule is CCc1nnc2sc(-c3ccc(CNC(=S)NC(=O)c4cccc5c(Cl)cccc45)cc3)nn12. The van der Waals surface area contributed by atoms with Crippen molar-refractivity contribution in [2.75, 3.05) is 0 Å². The molecule has 3 aromatic carbocycles. The van der Waals surface area contributed by atoms with Crippen LogP contribution in [0.15, 0.2) is 60.7 Å². The van der Waals surface area contributed by atoms with Gasteiger partial charge in [0.25, 0.3) is 5.91 Å². The standard InChI is InChI=1S/C24H19ClN6OS2/c1-2-20-28-29-24-31(20)30-22(34-24)15-11-9-14(10-12-15)13-26-23(33)27-21(32)18-7-3-6-17-16(18)5-4-8-19(17)25/h3-12H,2,13H2,1H3,(H2,26,27,32,33). The van der Waals surface area contributed by atoms with E-state index in [2.05, 4.69) is 25.9 Å². The normalized spacial score (nSPS) is 11.1. The molecular weight excluding hydrogens is 488 g/mol. The lowest BCUT2D eigenvalue weighted by Crippen LogP contribution is -2.38. The summed E-state index contributed by atoms with van der Waals surface area (Å²) in [6, 6.07) is 19.0. The van der Waals surface area contributed by atoms with Crippen LogP contribution in [0.1, 0.15) is 28.7 Å². The van der Waals surface area contributed by atoms with Crippen LogP contribution in [0.5, 0.6) is 0 Å². The Morgan fingerprint density at radius 2 is 1.82 bits per heavy atom. The molecule has 5 aromatic rings. The van der Waals surface area contributed by atoms with E-state index >= 15 is 0 Å². The molecule has 0 bridgehead atoms. The Kier molecular flexibility index (Phi) is 6.23. The molecule has 2 N–H and O–H groups in total. The van der Waals surface area contributed by atoms with Gasteiger partial charge in [-0.15, -0.1) is 10.2 Å². The van der Waals surface area contributed by atoms with Gasteiger partial charge in [-0.25, -0.2) is 0 Å². The number of benzene rings is 3. The number of hydrogen-bond acceptors (Lipinski definition) is 6. The number of carbonyl (C=O) groups is 1. The van der Waals surface area contributed by atoms with Crippen molar-refractivity contribution in [2.24, 2.45) is 0 Å². The van der Waals surface area contributed by atoms with Crippen molar-refractivity contribution in [3.8, 4) is 10.6 Å². The molecule has 170 valence electrons. The molecule has 1 amide bonds. The smallest absolute Gasteiger partial charge is 0.258 e. The van der Waals surface area contributed by atoms with E-state index in [1.807, 2.05) is 49.4 Å². The Morgan fingerprint density at radius 3 is 2.62 bits per heavy atom. The predicted octanol–water partition coefficient (Wildman–Crippen LogP) is 5.03. The molecule has 0 spiro atoms. The molecule has 2 aromatic heterocycles. The minimum Gasteiger partial charge on any atom is -0.358 e. The molecule has 0 saturated heterocycles. The number of halogens is 1. The molecule has 7 nitrogen and oxygen atoms in total. The molecule has 0 unspecified atom stereocenters. The number of aryl methyl sites for hydroxylation is 1. The number of hydrogen-bond donors (Lipinski definition) is 2. The maximum atomic E-state index is 12.8. The van der Waals surface area contributed by atoms with Gasteiger partial charge >= 0.3 is 0 Å². The van der Waals surface area contributed by atoms with Gasteiger partial charge in [-0.3, -0.25) is 10.1 Å². The molecular formula is C24H19ClN6OS2. The van der Waals surface area contributed by atoms with Gasteiger partial charge in [0.05, 0.1) is 0 Å². The van der Waals surface area contributed by atoms with Crippen LogP contribution in [0, 0.1) is 0 Å². The maximum absolute atomic E-state index is 12.8. The van der Waals surface area contributed by atoms with E-state index in [1.165, 1.54) is 11.3 Å². The number of amides is 1. The van der Waals surface area contributed by atoms with Crippen LogP contribution in [-0.4, -0.2) is 30.8 Å². The Bertz CT molecular complexity index is 1530. The van der Waals surface area contributed by atoms with Crippen LogP contribution in [0.25, 0.3) is 26.3 Å². The van der Waals surface area contributed by atoms with E-state index in [-0.39, 0.29) is 11.0 Å². The molecule has 0 fully saturated rings. The van der Waals surface area contributed by atoms with Crippen molar-refractivity contribution >= 4 is 61.9 Å². The van der Waals surface area contributed by atoms with Crippen molar-refractivity contribution in [3.05, 3.63) is 82.6 Å². The van der Waals surface area contributed by atoms with Crippen molar-refractivity contribution < 1.29 is 4.79 Å². The predicted molar refractivity (Wildman–Crippen MR) is 139 cm³/mol. The molecule has 34 heavy (non-hydrogen) atoms. The number of rotatable bonds is 5. The summed E-state index contributed by atoms with van der Waals surface area (Å²) in [6.07, 6.45) is 0.777. The third-order valence-electron chi connectivity index (χ3n) is 5.37. The van der Waals surface area contributed by atoms with E-state index in [0.717, 1.165) is 44.1 Å². The topological polar surface area (TPSA) is 84.2 Å². The van der Waals surface area contributed by atoms with Gasteiger partial charge in [0.15, 0.2) is 10.9 Å². The van der Waals surface area contributed by atoms with Crippen LogP contribution in [0.4, 0.5) is 0 Å². The van der Waals surface area contributed by atoms with E-state index in [4.69, 9.17) is 23.8 Å². The summed E-state index contributed by atoms with van der Waals surface area (Å²) in [6.45, 7) is 2.51. The van der Waals surface area contributed by atoms with Crippen molar-refractivity contribution in [3.63, 3.8) is 0 Å². The van der Waals surface area contributed by atoms with Crippen molar-refractivity contribution in [1.82, 2.24) is 30.4 Å². The summed E-state index contributed by atoms with van der Waals surface area (Å²) in [7, 11) is 0. The highest BCUT2D eigenvalue weighted by atomic mass is 35.5. The number of nitrogens with one attached hydrogen (secondary N) is 2. The van der Waals surface area contributed by atoms with E-state index in [0.29, 0.717) is 17.1 Å². The summed E-state index contributed by atoms with van der Waals surface area (Å²) in [4.78, 5) is 13.6. The van der Waals surface area contributed by atoms with Crippen LogP contribution in [0.3, 0.4) is 0 Å². The van der Waals surface area contributed by atoms with E-state index < -0.39 is 0 Å². The minimum atomic E-state index is -0.282. The monoisotopic (exact) mass is 506 g/mol. The van der Waals surface area contributed by atoms with Crippen molar-refractivity contribution in [2.45, 2.75) is 19.9 Å². The highest BCUT2D eigenvalue weighted by molar-refractivity contribution is 7.80. The van der Waals surface area contributed by atoms with Gasteiger partial charge in [-0.05, 0) is 35.3 Å². The summed E-state index contributed by atoms with van der Waals surface area (Å²) in [5, 5.41) is 22.1. The van der Waals surface area contributed by atoms with Crippen LogP contribution < -0.4 is 10.6 Å². The molecule has 0 radical (unpaired) electrons. The molecule has 5 rings (SSSR count). The molecule has 0 atom stereocenters. The first-order valence-corrected chi connectivity index (χ1v) is 12.2. The molecule has 10 heteroatoms. The average molecular weight is 507 g/mol. The lowest BCUT2D eigenvalue weighted by molar-refractivity contribution is 0.0978. The quantitative estimate of drug-likeness (QED) is 0.325. The first-order chi connectivity index (χ1) is 16.5. The van der Waals surface area contributed by atoms with Gasteiger partial charge in [0.2, 0.25) is 4.96 Å². The molecule has 0 aliphatic carbocycles. The summed E-state index contributed by atoms with van der Waals surface area (Å²) in [5.74, 6) is 0.566. The number of thiocarbonyl (C=S) groups is 1. The zero-order valence-electron chi connectivity index (χ0n) is 18.1. The molecule has 2 heterocycles. The zero-order chi connectivity index (χ0) is 23.7. The highest BCUT2D eigenvalue weighted by Crippen LogP contribution is 2.27. The Balaban J connectivity index is 1.22. The second-order valence-electron chi connectivity index (χ2n) is 7.55. The molecule has 0 aliphatic heterocycles. The number of fused-ring (bicyclic) bond motifs is 2. The van der Waals surface area contributed by atoms with Gasteiger partial charge in [-0.1, -0.05) is 78.4 Å². The first kappa shape index (κ1) is 22.4. The first-order valence-electron chi connectivity index (χ1n) is 10.6. The Labute approximate surface area is 209 Å². The zero-order valence-corrected chi connectivity index (χ0v) is 20.5. The van der Waals surface area contributed by atoms with Crippen LogP contribution >= 0.6 is 35.2 Å². The van der Waals surface area contributed by atoms with Crippen LogP contribution in [0.2, 0.25) is 5.02 Å². The maximum Gasteiger partial charge on any atom is 0.258 e. The number of nitrogens with zero attached hydrogens (tertiary/aromatic N) is 4. The second kappa shape index (κ2) is 9.46. The van der Waals surface area contributed by atoms with Gasteiger partial charge in [0, 0.05) is 34.5 Å². The number of carbonyl (C=O) groups excluding carboxylic acids is 1. The molecule has 0 saturated carbocycles. The van der Waals surface area contributed by atoms with Gasteiger partial charge < -0.3 is 5.32 Å². The van der Waals surface area contributed by atoms with Gasteiger partial charge in [0.1, 0.15) is 5.01 Å². The summed E-state index contributed by atoms with van der Waals surface area (Å²) in [5.41, 5.74) is 2.55. The molecule has 0 aliphatic rings. The third kappa shape index (κ3) is 4.37. The van der Waals surface area contributed by atoms with Gasteiger partial charge in [-0.2, -0.15) is 9.61 Å². The third-order valence-corrected chi connectivity index (χ3v) is 6.89. The lowest BCUT2D eigenvalue weighted by atomic mass is 10.0. The highest BCUT2D eigenvalue weighted by Gasteiger charge is 2.14. The summed E-state index contributed by atoms with van der Waals surface area (Å²) >= 11 is 13.1. The lowest BCUT2D eigenvalue weighted by Gasteiger charge is -2.11. The summed E-state index contributed by atoms with van der Waals surface area (Å²) < 4.78 is 1.79. The van der Waals surface area contributed by atoms with E-state index in [9.17, 15) is 4.79 Å². The van der Waals surface area contributed by atoms with Crippen molar-refractivity contribution in [1.29, 1.82) is 0 Å². The van der Waals surface area contributed by atoms with Crippen LogP contribution in [-0.2, 0) is 13.0 Å². The largest absolute Gasteiger partial charge is 0.358 e. The fraction of sp³-hybridized carbons (Fsp3) is 0.125. The second-order valence-corrected chi connectivity index (χ2v) is 9.32. The number of aromatic nitrogens is 4. The fourth-order valence-electron chi connectivity index (χ4n) is 3.63. The minimum absolute atomic E-state index is 0.258. The Hall–Kier alpha value is -3.40.